The van der Waals surface area contributed by atoms with Gasteiger partial charge in [-0.3, -0.25) is 4.79 Å². The van der Waals surface area contributed by atoms with Gasteiger partial charge in [-0.1, -0.05) is 12.1 Å². The smallest absolute Gasteiger partial charge is 0.280 e. The predicted octanol–water partition coefficient (Wildman–Crippen LogP) is 2.63. The van der Waals surface area contributed by atoms with Crippen LogP contribution in [0.2, 0.25) is 0 Å². The van der Waals surface area contributed by atoms with Gasteiger partial charge in [0.05, 0.1) is 18.3 Å². The number of nitrogens with one attached hydrogen (secondary N) is 4. The predicted molar refractivity (Wildman–Crippen MR) is 114 cm³/mol. The zero-order chi connectivity index (χ0) is 22.4. The minimum Gasteiger partial charge on any atom is -0.382 e. The Bertz CT molecular complexity index is 917. The van der Waals surface area contributed by atoms with Crippen molar-refractivity contribution in [1.82, 2.24) is 21.5 Å². The number of amides is 1. The van der Waals surface area contributed by atoms with Gasteiger partial charge in [-0.2, -0.15) is 4.99 Å². The molecule has 9 heteroatoms. The molecule has 0 spiro atoms. The van der Waals surface area contributed by atoms with Gasteiger partial charge in [0.1, 0.15) is 11.6 Å². The summed E-state index contributed by atoms with van der Waals surface area (Å²) >= 11 is 0. The maximum absolute atomic E-state index is 13.2. The van der Waals surface area contributed by atoms with Gasteiger partial charge in [0.25, 0.3) is 5.91 Å². The summed E-state index contributed by atoms with van der Waals surface area (Å²) in [5, 5.41) is 6.39. The molecule has 0 aromatic heterocycles. The summed E-state index contributed by atoms with van der Waals surface area (Å²) in [6.07, 6.45) is 0.377. The summed E-state index contributed by atoms with van der Waals surface area (Å²) in [5.41, 5.74) is 6.98. The molecule has 2 unspecified atom stereocenters. The molecule has 1 heterocycles. The molecule has 1 amide bonds. The molecular weight excluding hydrogens is 404 g/mol. The first-order valence-electron chi connectivity index (χ1n) is 9.94. The molecule has 3 rings (SSSR count). The lowest BCUT2D eigenvalue weighted by molar-refractivity contribution is 0.100. The van der Waals surface area contributed by atoms with E-state index in [0.29, 0.717) is 13.0 Å². The number of hydrogen-bond acceptors (Lipinski definition) is 4. The van der Waals surface area contributed by atoms with Crippen molar-refractivity contribution in [3.63, 3.8) is 0 Å². The third-order valence-corrected chi connectivity index (χ3v) is 4.75. The third-order valence-electron chi connectivity index (χ3n) is 4.75. The molecule has 1 aliphatic heterocycles. The number of carbonyl (C=O) groups is 1. The van der Waals surface area contributed by atoms with E-state index < -0.39 is 17.3 Å². The lowest BCUT2D eigenvalue weighted by Gasteiger charge is -2.28. The Kier molecular flexibility index (Phi) is 7.32. The first-order chi connectivity index (χ1) is 14.8. The second kappa shape index (κ2) is 9.95. The van der Waals surface area contributed by atoms with Crippen LogP contribution in [0.1, 0.15) is 42.2 Å². The van der Waals surface area contributed by atoms with Crippen molar-refractivity contribution in [2.75, 3.05) is 13.7 Å². The van der Waals surface area contributed by atoms with Crippen molar-refractivity contribution >= 4 is 11.9 Å². The van der Waals surface area contributed by atoms with E-state index in [-0.39, 0.29) is 29.5 Å². The lowest BCUT2D eigenvalue weighted by Crippen LogP contribution is -2.56. The quantitative estimate of drug-likeness (QED) is 0.416. The van der Waals surface area contributed by atoms with Crippen LogP contribution in [-0.4, -0.2) is 37.3 Å². The molecule has 2 aromatic carbocycles. The number of carbonyl (C=O) groups excluding carboxylic acids is 1. The maximum Gasteiger partial charge on any atom is 0.280 e. The maximum atomic E-state index is 13.2. The van der Waals surface area contributed by atoms with Crippen LogP contribution < -0.4 is 21.5 Å². The Hall–Kier alpha value is -2.88. The Balaban J connectivity index is 1.74. The molecule has 0 radical (unpaired) electrons. The van der Waals surface area contributed by atoms with E-state index in [0.717, 1.165) is 5.56 Å². The molecule has 1 aliphatic rings. The summed E-state index contributed by atoms with van der Waals surface area (Å²) in [5.74, 6) is -0.964. The summed E-state index contributed by atoms with van der Waals surface area (Å²) in [7, 11) is 1.59. The molecule has 2 atom stereocenters. The van der Waals surface area contributed by atoms with Gasteiger partial charge in [-0.25, -0.2) is 19.6 Å². The van der Waals surface area contributed by atoms with Gasteiger partial charge >= 0.3 is 0 Å². The van der Waals surface area contributed by atoms with E-state index in [9.17, 15) is 13.6 Å². The van der Waals surface area contributed by atoms with E-state index in [2.05, 4.69) is 26.5 Å². The van der Waals surface area contributed by atoms with Crippen LogP contribution in [0.25, 0.3) is 0 Å². The highest BCUT2D eigenvalue weighted by Gasteiger charge is 2.28. The number of rotatable bonds is 6. The molecule has 2 aromatic rings. The summed E-state index contributed by atoms with van der Waals surface area (Å²) in [6, 6.07) is 11.5. The van der Waals surface area contributed by atoms with E-state index in [1.807, 2.05) is 13.8 Å². The van der Waals surface area contributed by atoms with Crippen LogP contribution in [0.4, 0.5) is 8.78 Å². The monoisotopic (exact) mass is 431 g/mol. The first kappa shape index (κ1) is 22.8. The Labute approximate surface area is 180 Å². The van der Waals surface area contributed by atoms with Crippen LogP contribution in [0, 0.1) is 11.6 Å². The van der Waals surface area contributed by atoms with Gasteiger partial charge in [0, 0.05) is 25.1 Å². The highest BCUT2D eigenvalue weighted by atomic mass is 19.1. The second-order valence-electron chi connectivity index (χ2n) is 8.04. The zero-order valence-corrected chi connectivity index (χ0v) is 17.7. The topological polar surface area (TPSA) is 86.8 Å². The Morgan fingerprint density at radius 3 is 2.32 bits per heavy atom. The van der Waals surface area contributed by atoms with Crippen LogP contribution in [-0.2, 0) is 4.74 Å². The molecule has 1 saturated heterocycles. The molecule has 0 aliphatic carbocycles. The SMILES string of the molecule is COCC(C)(C)N/C(=N/C(=O)c1ccc(F)cc1)NC1CC(c2ccc(F)cc2)NN1. The average Bonchev–Trinajstić information content (AvgIpc) is 3.17. The van der Waals surface area contributed by atoms with Gasteiger partial charge in [0.15, 0.2) is 0 Å². The summed E-state index contributed by atoms with van der Waals surface area (Å²) in [6.45, 7) is 4.21. The van der Waals surface area contributed by atoms with Crippen LogP contribution >= 0.6 is 0 Å². The van der Waals surface area contributed by atoms with E-state index in [1.54, 1.807) is 19.2 Å². The van der Waals surface area contributed by atoms with Crippen LogP contribution in [0.3, 0.4) is 0 Å². The largest absolute Gasteiger partial charge is 0.382 e. The van der Waals surface area contributed by atoms with Gasteiger partial charge in [-0.15, -0.1) is 0 Å². The van der Waals surface area contributed by atoms with E-state index >= 15 is 0 Å². The van der Waals surface area contributed by atoms with Crippen LogP contribution in [0.15, 0.2) is 53.5 Å². The van der Waals surface area contributed by atoms with Gasteiger partial charge in [0.2, 0.25) is 5.96 Å². The Morgan fingerprint density at radius 2 is 1.71 bits per heavy atom. The fourth-order valence-electron chi connectivity index (χ4n) is 3.30. The van der Waals surface area contributed by atoms with Crippen molar-refractivity contribution in [3.8, 4) is 0 Å². The number of ether oxygens (including phenoxy) is 1. The van der Waals surface area contributed by atoms with Crippen molar-refractivity contribution in [1.29, 1.82) is 0 Å². The fourth-order valence-corrected chi connectivity index (χ4v) is 3.30. The normalized spacial score (nSPS) is 19.3. The standard InChI is InChI=1S/C22H27F2N5O2/c1-22(2,13-31-3)27-21(26-20(30)15-6-10-17(24)11-7-15)25-19-12-18(28-29-19)14-4-8-16(23)9-5-14/h4-11,18-19,28-29H,12-13H2,1-3H3,(H2,25,26,27,30). The van der Waals surface area contributed by atoms with E-state index in [1.165, 1.54) is 36.4 Å². The minimum atomic E-state index is -0.510. The van der Waals surface area contributed by atoms with Crippen molar-refractivity contribution in [3.05, 3.63) is 71.3 Å². The number of hydrazine groups is 1. The van der Waals surface area contributed by atoms with Gasteiger partial charge < -0.3 is 15.4 Å². The lowest BCUT2D eigenvalue weighted by atomic mass is 10.0. The molecule has 1 fully saturated rings. The molecule has 31 heavy (non-hydrogen) atoms. The van der Waals surface area contributed by atoms with Crippen molar-refractivity contribution < 1.29 is 18.3 Å². The van der Waals surface area contributed by atoms with Crippen molar-refractivity contribution in [2.45, 2.75) is 38.0 Å². The number of aliphatic imine (C=N–C) groups is 1. The van der Waals surface area contributed by atoms with Crippen LogP contribution in [0.5, 0.6) is 0 Å². The third kappa shape index (κ3) is 6.55. The number of methoxy groups -OCH3 is 1. The summed E-state index contributed by atoms with van der Waals surface area (Å²) in [4.78, 5) is 16.8. The molecule has 0 bridgehead atoms. The number of hydrogen-bond donors (Lipinski definition) is 4. The number of halogens is 2. The zero-order valence-electron chi connectivity index (χ0n) is 17.7. The highest BCUT2D eigenvalue weighted by molar-refractivity contribution is 6.02. The number of nitrogens with zero attached hydrogens (tertiary/aromatic N) is 1. The average molecular weight is 431 g/mol. The highest BCUT2D eigenvalue weighted by Crippen LogP contribution is 2.21. The minimum absolute atomic E-state index is 0.0425. The van der Waals surface area contributed by atoms with Gasteiger partial charge in [-0.05, 0) is 55.8 Å². The first-order valence-corrected chi connectivity index (χ1v) is 9.94. The van der Waals surface area contributed by atoms with Crippen molar-refractivity contribution in [2.24, 2.45) is 4.99 Å². The molecule has 166 valence electrons. The fraction of sp³-hybridized carbons (Fsp3) is 0.364. The molecular formula is C22H27F2N5O2. The number of guanidine groups is 1. The summed E-state index contributed by atoms with van der Waals surface area (Å²) < 4.78 is 31.6. The molecule has 4 N–H and O–H groups in total. The molecule has 7 nitrogen and oxygen atoms in total. The second-order valence-corrected chi connectivity index (χ2v) is 8.04. The molecule has 0 saturated carbocycles. The number of benzene rings is 2. The van der Waals surface area contributed by atoms with E-state index in [4.69, 9.17) is 4.74 Å². The Morgan fingerprint density at radius 1 is 1.10 bits per heavy atom.